The van der Waals surface area contributed by atoms with Crippen molar-refractivity contribution < 1.29 is 4.39 Å². The van der Waals surface area contributed by atoms with E-state index in [0.717, 1.165) is 9.13 Å². The highest BCUT2D eigenvalue weighted by atomic mass is 127. The van der Waals surface area contributed by atoms with Gasteiger partial charge in [0.05, 0.1) is 6.04 Å². The van der Waals surface area contributed by atoms with Crippen LogP contribution in [0.15, 0.2) is 29.6 Å². The zero-order valence-corrected chi connectivity index (χ0v) is 12.6. The summed E-state index contributed by atoms with van der Waals surface area (Å²) >= 11 is 3.92. The van der Waals surface area contributed by atoms with Crippen LogP contribution >= 0.6 is 33.9 Å². The minimum Gasteiger partial charge on any atom is -0.309 e. The Hall–Kier alpha value is -0.460. The molecule has 1 aromatic heterocycles. The lowest BCUT2D eigenvalue weighted by molar-refractivity contribution is 0.622. The summed E-state index contributed by atoms with van der Waals surface area (Å²) in [5, 5.41) is 5.39. The van der Waals surface area contributed by atoms with E-state index in [-0.39, 0.29) is 11.9 Å². The monoisotopic (exact) mass is 361 g/mol. The number of hydrogen-bond donors (Lipinski definition) is 1. The first kappa shape index (κ1) is 13.0. The van der Waals surface area contributed by atoms with Crippen molar-refractivity contribution in [2.75, 3.05) is 7.05 Å². The summed E-state index contributed by atoms with van der Waals surface area (Å²) in [4.78, 5) is 1.29. The van der Waals surface area contributed by atoms with E-state index in [4.69, 9.17) is 0 Å². The molecule has 0 fully saturated rings. The predicted octanol–water partition coefficient (Wildman–Crippen LogP) is 4.11. The van der Waals surface area contributed by atoms with Gasteiger partial charge in [-0.15, -0.1) is 11.3 Å². The molecule has 1 heterocycles. The largest absolute Gasteiger partial charge is 0.309 e. The van der Waals surface area contributed by atoms with Crippen molar-refractivity contribution in [3.8, 4) is 0 Å². The third-order valence-corrected chi connectivity index (χ3v) is 4.74. The molecule has 1 N–H and O–H groups in total. The summed E-state index contributed by atoms with van der Waals surface area (Å²) in [6, 6.07) is 7.20. The fourth-order valence-corrected chi connectivity index (χ4v) is 3.69. The molecular weight excluding hydrogens is 348 g/mol. The van der Waals surface area contributed by atoms with Gasteiger partial charge in [-0.3, -0.25) is 0 Å². The molecule has 0 amide bonds. The summed E-state index contributed by atoms with van der Waals surface area (Å²) in [6.45, 7) is 2.10. The van der Waals surface area contributed by atoms with Crippen LogP contribution in [-0.4, -0.2) is 7.05 Å². The Morgan fingerprint density at radius 1 is 1.35 bits per heavy atom. The van der Waals surface area contributed by atoms with Gasteiger partial charge in [0.15, 0.2) is 0 Å². The number of rotatable bonds is 3. The number of halogens is 2. The molecule has 1 aromatic carbocycles. The first-order valence-corrected chi connectivity index (χ1v) is 7.25. The van der Waals surface area contributed by atoms with Crippen LogP contribution in [0.4, 0.5) is 4.39 Å². The molecule has 17 heavy (non-hydrogen) atoms. The second kappa shape index (κ2) is 5.46. The van der Waals surface area contributed by atoms with Crippen LogP contribution in [-0.2, 0) is 0 Å². The molecule has 2 rings (SSSR count). The zero-order chi connectivity index (χ0) is 12.4. The normalized spacial score (nSPS) is 12.7. The van der Waals surface area contributed by atoms with Gasteiger partial charge in [0.1, 0.15) is 5.82 Å². The van der Waals surface area contributed by atoms with Gasteiger partial charge in [-0.2, -0.15) is 0 Å². The second-order valence-corrected chi connectivity index (χ2v) is 5.97. The van der Waals surface area contributed by atoms with Crippen LogP contribution in [0.1, 0.15) is 22.0 Å². The number of aryl methyl sites for hydroxylation is 1. The molecule has 0 saturated heterocycles. The molecule has 90 valence electrons. The Bertz CT molecular complexity index is 524. The highest BCUT2D eigenvalue weighted by Gasteiger charge is 2.18. The molecule has 0 aliphatic rings. The van der Waals surface area contributed by atoms with Crippen LogP contribution in [0.25, 0.3) is 0 Å². The highest BCUT2D eigenvalue weighted by molar-refractivity contribution is 14.1. The van der Waals surface area contributed by atoms with Crippen molar-refractivity contribution in [3.05, 3.63) is 55.0 Å². The van der Waals surface area contributed by atoms with Gasteiger partial charge in [0.25, 0.3) is 0 Å². The smallest absolute Gasteiger partial charge is 0.124 e. The van der Waals surface area contributed by atoms with Crippen molar-refractivity contribution in [1.29, 1.82) is 0 Å². The van der Waals surface area contributed by atoms with Crippen molar-refractivity contribution in [1.82, 2.24) is 5.32 Å². The van der Waals surface area contributed by atoms with E-state index >= 15 is 0 Å². The average molecular weight is 361 g/mol. The van der Waals surface area contributed by atoms with Crippen molar-refractivity contribution >= 4 is 33.9 Å². The maximum absolute atomic E-state index is 13.1. The van der Waals surface area contributed by atoms with Crippen LogP contribution in [0.3, 0.4) is 0 Å². The van der Waals surface area contributed by atoms with Crippen LogP contribution < -0.4 is 5.32 Å². The Kier molecular flexibility index (Phi) is 4.17. The first-order valence-electron chi connectivity index (χ1n) is 5.29. The number of thiophene rings is 1. The van der Waals surface area contributed by atoms with Gasteiger partial charge in [0.2, 0.25) is 0 Å². The van der Waals surface area contributed by atoms with Gasteiger partial charge in [-0.25, -0.2) is 4.39 Å². The lowest BCUT2D eigenvalue weighted by atomic mass is 10.0. The molecule has 0 spiro atoms. The van der Waals surface area contributed by atoms with Gasteiger partial charge in [0, 0.05) is 8.45 Å². The summed E-state index contributed by atoms with van der Waals surface area (Å²) in [6.07, 6.45) is 0. The van der Waals surface area contributed by atoms with E-state index in [2.05, 4.69) is 46.3 Å². The van der Waals surface area contributed by atoms with Crippen LogP contribution in [0.2, 0.25) is 0 Å². The molecule has 4 heteroatoms. The predicted molar refractivity (Wildman–Crippen MR) is 79.1 cm³/mol. The summed E-state index contributed by atoms with van der Waals surface area (Å²) in [7, 11) is 1.93. The standard InChI is InChI=1S/C13H13FINS/c1-8-5-6-17-13(8)12(16-2)10-4-3-9(14)7-11(10)15/h3-7,12,16H,1-2H3. The van der Waals surface area contributed by atoms with Gasteiger partial charge in [-0.1, -0.05) is 6.07 Å². The first-order chi connectivity index (χ1) is 8.13. The topological polar surface area (TPSA) is 12.0 Å². The van der Waals surface area contributed by atoms with Crippen LogP contribution in [0, 0.1) is 16.3 Å². The van der Waals surface area contributed by atoms with Gasteiger partial charge >= 0.3 is 0 Å². The molecule has 1 unspecified atom stereocenters. The lowest BCUT2D eigenvalue weighted by Crippen LogP contribution is -2.18. The summed E-state index contributed by atoms with van der Waals surface area (Å²) < 4.78 is 14.1. The molecule has 1 nitrogen and oxygen atoms in total. The minimum atomic E-state index is -0.184. The van der Waals surface area contributed by atoms with Crippen molar-refractivity contribution in [2.24, 2.45) is 0 Å². The fourth-order valence-electron chi connectivity index (χ4n) is 1.84. The van der Waals surface area contributed by atoms with Crippen LogP contribution in [0.5, 0.6) is 0 Å². The molecule has 0 radical (unpaired) electrons. The quantitative estimate of drug-likeness (QED) is 0.812. The maximum atomic E-state index is 13.1. The zero-order valence-electron chi connectivity index (χ0n) is 9.63. The number of benzene rings is 1. The third kappa shape index (κ3) is 2.69. The van der Waals surface area contributed by atoms with Crippen molar-refractivity contribution in [2.45, 2.75) is 13.0 Å². The van der Waals surface area contributed by atoms with E-state index in [1.807, 2.05) is 13.1 Å². The Morgan fingerprint density at radius 2 is 2.12 bits per heavy atom. The average Bonchev–Trinajstić information content (AvgIpc) is 2.69. The Morgan fingerprint density at radius 3 is 2.65 bits per heavy atom. The molecule has 2 aromatic rings. The molecule has 0 bridgehead atoms. The van der Waals surface area contributed by atoms with Crippen molar-refractivity contribution in [3.63, 3.8) is 0 Å². The maximum Gasteiger partial charge on any atom is 0.124 e. The highest BCUT2D eigenvalue weighted by Crippen LogP contribution is 2.31. The molecular formula is C13H13FINS. The van der Waals surface area contributed by atoms with E-state index in [1.54, 1.807) is 17.4 Å². The molecule has 0 aliphatic carbocycles. The van der Waals surface area contributed by atoms with Gasteiger partial charge in [-0.05, 0) is 71.3 Å². The second-order valence-electron chi connectivity index (χ2n) is 3.86. The Labute approximate surface area is 118 Å². The summed E-state index contributed by atoms with van der Waals surface area (Å²) in [5.74, 6) is -0.184. The number of nitrogens with one attached hydrogen (secondary N) is 1. The SMILES string of the molecule is CNC(c1ccc(F)cc1I)c1sccc1C. The Balaban J connectivity index is 2.46. The van der Waals surface area contributed by atoms with E-state index in [1.165, 1.54) is 16.5 Å². The molecule has 1 atom stereocenters. The fraction of sp³-hybridized carbons (Fsp3) is 0.231. The lowest BCUT2D eigenvalue weighted by Gasteiger charge is -2.18. The van der Waals surface area contributed by atoms with E-state index in [0.29, 0.717) is 0 Å². The third-order valence-electron chi connectivity index (χ3n) is 2.73. The van der Waals surface area contributed by atoms with E-state index < -0.39 is 0 Å². The number of hydrogen-bond acceptors (Lipinski definition) is 2. The van der Waals surface area contributed by atoms with Gasteiger partial charge < -0.3 is 5.32 Å². The molecule has 0 aliphatic heterocycles. The minimum absolute atomic E-state index is 0.141. The summed E-state index contributed by atoms with van der Waals surface area (Å²) in [5.41, 5.74) is 2.40. The van der Waals surface area contributed by atoms with E-state index in [9.17, 15) is 4.39 Å². The molecule has 0 saturated carbocycles.